The average Bonchev–Trinajstić information content (AvgIpc) is 2.26. The summed E-state index contributed by atoms with van der Waals surface area (Å²) in [5.74, 6) is 0. The first-order chi connectivity index (χ1) is 7.41. The van der Waals surface area contributed by atoms with Gasteiger partial charge in [-0.05, 0) is 32.1 Å². The van der Waals surface area contributed by atoms with Gasteiger partial charge in [0.1, 0.15) is 0 Å². The molecular formula is C14H21N. The molecule has 0 aromatic carbocycles. The predicted octanol–water partition coefficient (Wildman–Crippen LogP) is 4.54. The Hall–Kier alpha value is -1.29. The van der Waals surface area contributed by atoms with Gasteiger partial charge in [0, 0.05) is 0 Å². The van der Waals surface area contributed by atoms with Crippen LogP contribution in [0.25, 0.3) is 0 Å². The molecule has 0 aromatic rings. The summed E-state index contributed by atoms with van der Waals surface area (Å²) in [6.07, 6.45) is 19.0. The van der Waals surface area contributed by atoms with Crippen molar-refractivity contribution in [1.82, 2.24) is 0 Å². The maximum Gasteiger partial charge on any atom is 0.0663 e. The summed E-state index contributed by atoms with van der Waals surface area (Å²) in [5, 5.41) is 8.28. The van der Waals surface area contributed by atoms with Crippen LogP contribution in [0.2, 0.25) is 0 Å². The van der Waals surface area contributed by atoms with Gasteiger partial charge in [0.05, 0.1) is 12.5 Å². The zero-order chi connectivity index (χ0) is 11.2. The van der Waals surface area contributed by atoms with Crippen LogP contribution in [-0.2, 0) is 0 Å². The third kappa shape index (κ3) is 12.7. The Kier molecular flexibility index (Phi) is 11.6. The molecule has 1 heteroatoms. The molecule has 0 bridgehead atoms. The van der Waals surface area contributed by atoms with Crippen molar-refractivity contribution in [2.24, 2.45) is 0 Å². The topological polar surface area (TPSA) is 23.8 Å². The molecule has 1 nitrogen and oxygen atoms in total. The Labute approximate surface area is 93.8 Å². The van der Waals surface area contributed by atoms with E-state index in [-0.39, 0.29) is 0 Å². The van der Waals surface area contributed by atoms with Gasteiger partial charge in [-0.3, -0.25) is 0 Å². The third-order valence-electron chi connectivity index (χ3n) is 1.99. The largest absolute Gasteiger partial charge is 0.198 e. The second-order valence-electron chi connectivity index (χ2n) is 3.38. The zero-order valence-electron chi connectivity index (χ0n) is 9.65. The fourth-order valence-electron chi connectivity index (χ4n) is 1.18. The molecule has 0 radical (unpaired) electrons. The van der Waals surface area contributed by atoms with E-state index in [0.717, 1.165) is 12.8 Å². The fraction of sp³-hybridized carbons (Fsp3) is 0.500. The molecule has 0 aromatic heterocycles. The molecule has 0 spiro atoms. The molecule has 0 aliphatic carbocycles. The molecule has 0 aliphatic rings. The smallest absolute Gasteiger partial charge is 0.0663 e. The Morgan fingerprint density at radius 1 is 0.933 bits per heavy atom. The summed E-state index contributed by atoms with van der Waals surface area (Å²) in [5.41, 5.74) is 0. The first-order valence-electron chi connectivity index (χ1n) is 5.75. The summed E-state index contributed by atoms with van der Waals surface area (Å²) < 4.78 is 0. The average molecular weight is 203 g/mol. The Balaban J connectivity index is 3.24. The lowest BCUT2D eigenvalue weighted by molar-refractivity contribution is 0.761. The fourth-order valence-corrected chi connectivity index (χ4v) is 1.18. The maximum atomic E-state index is 8.28. The van der Waals surface area contributed by atoms with Crippen molar-refractivity contribution in [1.29, 1.82) is 5.26 Å². The van der Waals surface area contributed by atoms with Crippen molar-refractivity contribution >= 4 is 0 Å². The highest BCUT2D eigenvalue weighted by atomic mass is 14.2. The molecule has 0 atom stereocenters. The normalized spacial score (nSPS) is 11.7. The van der Waals surface area contributed by atoms with Crippen molar-refractivity contribution < 1.29 is 0 Å². The Morgan fingerprint density at radius 3 is 2.27 bits per heavy atom. The van der Waals surface area contributed by atoms with Gasteiger partial charge < -0.3 is 0 Å². The van der Waals surface area contributed by atoms with Gasteiger partial charge in [-0.1, -0.05) is 43.4 Å². The van der Waals surface area contributed by atoms with E-state index in [0.29, 0.717) is 6.42 Å². The molecule has 0 unspecified atom stereocenters. The van der Waals surface area contributed by atoms with Crippen LogP contribution in [0.5, 0.6) is 0 Å². The van der Waals surface area contributed by atoms with Gasteiger partial charge in [0.15, 0.2) is 0 Å². The number of nitrogens with zero attached hydrogens (tertiary/aromatic N) is 1. The second-order valence-corrected chi connectivity index (χ2v) is 3.38. The number of unbranched alkanes of at least 4 members (excludes halogenated alkanes) is 3. The van der Waals surface area contributed by atoms with E-state index in [9.17, 15) is 0 Å². The van der Waals surface area contributed by atoms with E-state index >= 15 is 0 Å². The lowest BCUT2D eigenvalue weighted by Crippen LogP contribution is -1.72. The molecule has 15 heavy (non-hydrogen) atoms. The predicted molar refractivity (Wildman–Crippen MR) is 66.4 cm³/mol. The van der Waals surface area contributed by atoms with E-state index in [2.05, 4.69) is 31.2 Å². The Bertz CT molecular complexity index is 241. The highest BCUT2D eigenvalue weighted by Gasteiger charge is 1.82. The van der Waals surface area contributed by atoms with E-state index in [1.54, 1.807) is 0 Å². The molecule has 0 aliphatic heterocycles. The summed E-state index contributed by atoms with van der Waals surface area (Å²) >= 11 is 0. The molecule has 0 rings (SSSR count). The molecule has 0 fully saturated rings. The van der Waals surface area contributed by atoms with Gasteiger partial charge in [0.2, 0.25) is 0 Å². The molecule has 0 saturated heterocycles. The number of hydrogen-bond donors (Lipinski definition) is 0. The quantitative estimate of drug-likeness (QED) is 0.323. The molecule has 0 N–H and O–H groups in total. The lowest BCUT2D eigenvalue weighted by Gasteiger charge is -1.91. The van der Waals surface area contributed by atoms with Gasteiger partial charge in [-0.2, -0.15) is 5.26 Å². The first-order valence-corrected chi connectivity index (χ1v) is 5.75. The Morgan fingerprint density at radius 2 is 1.60 bits per heavy atom. The number of allylic oxidation sites excluding steroid dienone is 6. The lowest BCUT2D eigenvalue weighted by atomic mass is 10.1. The van der Waals surface area contributed by atoms with Crippen molar-refractivity contribution in [3.05, 3.63) is 36.5 Å². The van der Waals surface area contributed by atoms with E-state index in [4.69, 9.17) is 5.26 Å². The van der Waals surface area contributed by atoms with Gasteiger partial charge in [-0.15, -0.1) is 0 Å². The van der Waals surface area contributed by atoms with Crippen molar-refractivity contribution in [2.45, 2.75) is 45.4 Å². The van der Waals surface area contributed by atoms with E-state index in [1.807, 2.05) is 18.2 Å². The molecule has 82 valence electrons. The standard InChI is InChI=1S/C14H21N/c1-2-3-4-5-6-7-8-9-10-11-12-13-14-15/h3-4,9-12H,2,5-8,13H2,1H3/b4-3+,10-9+,12-11+. The van der Waals surface area contributed by atoms with Crippen LogP contribution in [0.4, 0.5) is 0 Å². The highest BCUT2D eigenvalue weighted by molar-refractivity contribution is 5.04. The van der Waals surface area contributed by atoms with Crippen LogP contribution in [0.1, 0.15) is 45.4 Å². The SMILES string of the molecule is CC/C=C/CCCC/C=C/C=C/CC#N. The maximum absolute atomic E-state index is 8.28. The molecular weight excluding hydrogens is 182 g/mol. The first kappa shape index (κ1) is 13.7. The van der Waals surface area contributed by atoms with Gasteiger partial charge >= 0.3 is 0 Å². The van der Waals surface area contributed by atoms with Crippen LogP contribution in [0, 0.1) is 11.3 Å². The summed E-state index contributed by atoms with van der Waals surface area (Å²) in [7, 11) is 0. The summed E-state index contributed by atoms with van der Waals surface area (Å²) in [6.45, 7) is 2.16. The third-order valence-corrected chi connectivity index (χ3v) is 1.99. The van der Waals surface area contributed by atoms with Crippen molar-refractivity contribution in [3.8, 4) is 6.07 Å². The minimum atomic E-state index is 0.506. The van der Waals surface area contributed by atoms with Crippen LogP contribution in [-0.4, -0.2) is 0 Å². The van der Waals surface area contributed by atoms with Gasteiger partial charge in [0.25, 0.3) is 0 Å². The van der Waals surface area contributed by atoms with E-state index in [1.165, 1.54) is 19.3 Å². The van der Waals surface area contributed by atoms with Crippen LogP contribution >= 0.6 is 0 Å². The van der Waals surface area contributed by atoms with Crippen LogP contribution < -0.4 is 0 Å². The highest BCUT2D eigenvalue weighted by Crippen LogP contribution is 2.02. The monoisotopic (exact) mass is 203 g/mol. The summed E-state index contributed by atoms with van der Waals surface area (Å²) in [4.78, 5) is 0. The van der Waals surface area contributed by atoms with Crippen LogP contribution in [0.15, 0.2) is 36.5 Å². The van der Waals surface area contributed by atoms with Crippen LogP contribution in [0.3, 0.4) is 0 Å². The number of nitriles is 1. The minimum Gasteiger partial charge on any atom is -0.198 e. The molecule has 0 saturated carbocycles. The summed E-state index contributed by atoms with van der Waals surface area (Å²) in [6, 6.07) is 2.07. The zero-order valence-corrected chi connectivity index (χ0v) is 9.65. The van der Waals surface area contributed by atoms with Crippen molar-refractivity contribution in [2.75, 3.05) is 0 Å². The number of hydrogen-bond acceptors (Lipinski definition) is 1. The molecule has 0 heterocycles. The van der Waals surface area contributed by atoms with Crippen molar-refractivity contribution in [3.63, 3.8) is 0 Å². The second kappa shape index (κ2) is 12.7. The number of rotatable bonds is 8. The molecule has 0 amide bonds. The minimum absolute atomic E-state index is 0.506. The van der Waals surface area contributed by atoms with Gasteiger partial charge in [-0.25, -0.2) is 0 Å². The van der Waals surface area contributed by atoms with E-state index < -0.39 is 0 Å².